The predicted molar refractivity (Wildman–Crippen MR) is 75.3 cm³/mol. The van der Waals surface area contributed by atoms with Gasteiger partial charge >= 0.3 is 0 Å². The number of hydrogen-bond donors (Lipinski definition) is 0. The zero-order valence-corrected chi connectivity index (χ0v) is 11.6. The molecule has 1 aliphatic rings. The average molecular weight is 245 g/mol. The van der Waals surface area contributed by atoms with Gasteiger partial charge in [-0.2, -0.15) is 0 Å². The summed E-state index contributed by atoms with van der Waals surface area (Å²) in [5, 5.41) is 0. The Morgan fingerprint density at radius 3 is 2.61 bits per heavy atom. The Morgan fingerprint density at radius 2 is 1.94 bits per heavy atom. The van der Waals surface area contributed by atoms with Crippen molar-refractivity contribution in [3.8, 4) is 0 Å². The van der Waals surface area contributed by atoms with Crippen LogP contribution in [0.2, 0.25) is 0 Å². The molecular weight excluding hydrogens is 222 g/mol. The third-order valence-corrected chi connectivity index (χ3v) is 3.27. The molecule has 1 aromatic rings. The van der Waals surface area contributed by atoms with Gasteiger partial charge in [-0.25, -0.2) is 0 Å². The van der Waals surface area contributed by atoms with E-state index in [1.807, 2.05) is 0 Å². The van der Waals surface area contributed by atoms with Crippen molar-refractivity contribution in [1.29, 1.82) is 0 Å². The van der Waals surface area contributed by atoms with Crippen LogP contribution >= 0.6 is 0 Å². The molecule has 2 rings (SSSR count). The second-order valence-corrected chi connectivity index (χ2v) is 5.32. The van der Waals surface area contributed by atoms with Gasteiger partial charge in [0.1, 0.15) is 5.76 Å². The molecular formula is C16H23NO. The minimum absolute atomic E-state index is 0.270. The molecule has 18 heavy (non-hydrogen) atoms. The number of nitrogens with zero attached hydrogens (tertiary/aromatic N) is 1. The van der Waals surface area contributed by atoms with E-state index in [2.05, 4.69) is 56.0 Å². The summed E-state index contributed by atoms with van der Waals surface area (Å²) in [6, 6.07) is 10.6. The summed E-state index contributed by atoms with van der Waals surface area (Å²) >= 11 is 0. The van der Waals surface area contributed by atoms with Gasteiger partial charge in [0, 0.05) is 13.1 Å². The first-order valence-electron chi connectivity index (χ1n) is 6.76. The highest BCUT2D eigenvalue weighted by Crippen LogP contribution is 2.21. The number of rotatable bonds is 4. The van der Waals surface area contributed by atoms with E-state index in [1.165, 1.54) is 16.9 Å². The van der Waals surface area contributed by atoms with Gasteiger partial charge in [-0.3, -0.25) is 4.90 Å². The highest BCUT2D eigenvalue weighted by Gasteiger charge is 2.18. The molecule has 98 valence electrons. The molecule has 0 aliphatic carbocycles. The Kier molecular flexibility index (Phi) is 4.43. The Labute approximate surface area is 110 Å². The SMILES string of the molecule is CC1=C(OC(C)C)CN(Cc2ccccc2)CC1. The van der Waals surface area contributed by atoms with E-state index in [0.717, 1.165) is 26.1 Å². The highest BCUT2D eigenvalue weighted by atomic mass is 16.5. The molecule has 1 aromatic carbocycles. The fourth-order valence-electron chi connectivity index (χ4n) is 2.28. The van der Waals surface area contributed by atoms with Gasteiger partial charge in [-0.05, 0) is 38.3 Å². The number of ether oxygens (including phenoxy) is 1. The monoisotopic (exact) mass is 245 g/mol. The third-order valence-electron chi connectivity index (χ3n) is 3.27. The summed E-state index contributed by atoms with van der Waals surface area (Å²) in [6.45, 7) is 9.47. The van der Waals surface area contributed by atoms with Gasteiger partial charge in [-0.15, -0.1) is 0 Å². The maximum atomic E-state index is 5.91. The first-order valence-corrected chi connectivity index (χ1v) is 6.76. The van der Waals surface area contributed by atoms with Gasteiger partial charge < -0.3 is 4.74 Å². The molecule has 0 saturated carbocycles. The standard InChI is InChI=1S/C16H23NO/c1-13(2)18-16-12-17(10-9-14(16)3)11-15-7-5-4-6-8-15/h4-8,13H,9-12H2,1-3H3. The number of benzene rings is 1. The van der Waals surface area contributed by atoms with Crippen molar-refractivity contribution in [3.63, 3.8) is 0 Å². The fraction of sp³-hybridized carbons (Fsp3) is 0.500. The molecule has 0 fully saturated rings. The van der Waals surface area contributed by atoms with Crippen molar-refractivity contribution in [2.75, 3.05) is 13.1 Å². The Balaban J connectivity index is 1.97. The fourth-order valence-corrected chi connectivity index (χ4v) is 2.28. The van der Waals surface area contributed by atoms with Crippen LogP contribution in [0.1, 0.15) is 32.8 Å². The van der Waals surface area contributed by atoms with Gasteiger partial charge in [0.25, 0.3) is 0 Å². The van der Waals surface area contributed by atoms with Crippen molar-refractivity contribution >= 4 is 0 Å². The van der Waals surface area contributed by atoms with Crippen LogP contribution in [0.25, 0.3) is 0 Å². The van der Waals surface area contributed by atoms with Gasteiger partial charge in [0.05, 0.1) is 12.6 Å². The van der Waals surface area contributed by atoms with E-state index < -0.39 is 0 Å². The van der Waals surface area contributed by atoms with Gasteiger partial charge in [0.2, 0.25) is 0 Å². The topological polar surface area (TPSA) is 12.5 Å². The van der Waals surface area contributed by atoms with Crippen LogP contribution in [0, 0.1) is 0 Å². The van der Waals surface area contributed by atoms with Crippen molar-refractivity contribution in [2.24, 2.45) is 0 Å². The largest absolute Gasteiger partial charge is 0.494 e. The lowest BCUT2D eigenvalue weighted by molar-refractivity contribution is 0.106. The summed E-state index contributed by atoms with van der Waals surface area (Å²) in [5.74, 6) is 1.17. The van der Waals surface area contributed by atoms with Crippen LogP contribution in [0.5, 0.6) is 0 Å². The molecule has 0 atom stereocenters. The van der Waals surface area contributed by atoms with E-state index in [-0.39, 0.29) is 6.10 Å². The summed E-state index contributed by atoms with van der Waals surface area (Å²) < 4.78 is 5.91. The zero-order chi connectivity index (χ0) is 13.0. The van der Waals surface area contributed by atoms with Crippen molar-refractivity contribution < 1.29 is 4.74 Å². The molecule has 2 heteroatoms. The van der Waals surface area contributed by atoms with Crippen LogP contribution in [-0.2, 0) is 11.3 Å². The van der Waals surface area contributed by atoms with Crippen LogP contribution in [0.15, 0.2) is 41.7 Å². The second-order valence-electron chi connectivity index (χ2n) is 5.32. The van der Waals surface area contributed by atoms with E-state index in [9.17, 15) is 0 Å². The normalized spacial score (nSPS) is 17.3. The van der Waals surface area contributed by atoms with Crippen LogP contribution in [0.4, 0.5) is 0 Å². The summed E-state index contributed by atoms with van der Waals surface area (Å²) in [4.78, 5) is 2.46. The Hall–Kier alpha value is -1.28. The first kappa shape index (κ1) is 13.2. The zero-order valence-electron chi connectivity index (χ0n) is 11.6. The quantitative estimate of drug-likeness (QED) is 0.803. The molecule has 0 radical (unpaired) electrons. The maximum absolute atomic E-state index is 5.91. The first-order chi connectivity index (χ1) is 8.65. The lowest BCUT2D eigenvalue weighted by Crippen LogP contribution is -2.32. The van der Waals surface area contributed by atoms with E-state index in [4.69, 9.17) is 4.74 Å². The summed E-state index contributed by atoms with van der Waals surface area (Å²) in [5.41, 5.74) is 2.79. The average Bonchev–Trinajstić information content (AvgIpc) is 2.34. The van der Waals surface area contributed by atoms with Crippen molar-refractivity contribution in [3.05, 3.63) is 47.2 Å². The smallest absolute Gasteiger partial charge is 0.109 e. The van der Waals surface area contributed by atoms with E-state index >= 15 is 0 Å². The van der Waals surface area contributed by atoms with E-state index in [1.54, 1.807) is 0 Å². The van der Waals surface area contributed by atoms with Crippen LogP contribution in [0.3, 0.4) is 0 Å². The molecule has 0 spiro atoms. The summed E-state index contributed by atoms with van der Waals surface area (Å²) in [6.07, 6.45) is 1.39. The summed E-state index contributed by atoms with van der Waals surface area (Å²) in [7, 11) is 0. The maximum Gasteiger partial charge on any atom is 0.109 e. The molecule has 0 aromatic heterocycles. The predicted octanol–water partition coefficient (Wildman–Crippen LogP) is 3.59. The molecule has 0 amide bonds. The molecule has 1 heterocycles. The minimum atomic E-state index is 0.270. The highest BCUT2D eigenvalue weighted by molar-refractivity contribution is 5.17. The van der Waals surface area contributed by atoms with Crippen LogP contribution in [-0.4, -0.2) is 24.1 Å². The molecule has 1 aliphatic heterocycles. The molecule has 0 bridgehead atoms. The van der Waals surface area contributed by atoms with E-state index in [0.29, 0.717) is 0 Å². The van der Waals surface area contributed by atoms with Crippen molar-refractivity contribution in [2.45, 2.75) is 39.8 Å². The Morgan fingerprint density at radius 1 is 1.22 bits per heavy atom. The molecule has 0 saturated heterocycles. The lowest BCUT2D eigenvalue weighted by Gasteiger charge is -2.30. The third kappa shape index (κ3) is 3.61. The molecule has 0 unspecified atom stereocenters. The van der Waals surface area contributed by atoms with Gasteiger partial charge in [0.15, 0.2) is 0 Å². The second kappa shape index (κ2) is 6.05. The minimum Gasteiger partial charge on any atom is -0.494 e. The number of hydrogen-bond acceptors (Lipinski definition) is 2. The molecule has 2 nitrogen and oxygen atoms in total. The Bertz CT molecular complexity index is 408. The van der Waals surface area contributed by atoms with Crippen molar-refractivity contribution in [1.82, 2.24) is 4.90 Å². The lowest BCUT2D eigenvalue weighted by atomic mass is 10.1. The van der Waals surface area contributed by atoms with Crippen LogP contribution < -0.4 is 0 Å². The molecule has 0 N–H and O–H groups in total. The van der Waals surface area contributed by atoms with Gasteiger partial charge in [-0.1, -0.05) is 30.3 Å².